The topological polar surface area (TPSA) is 75.7 Å². The third-order valence-electron chi connectivity index (χ3n) is 4.26. The van der Waals surface area contributed by atoms with E-state index in [9.17, 15) is 22.0 Å². The molecule has 1 N–H and O–H groups in total. The molecular formula is C21H17ClF2N2O4S. The average molecular weight is 467 g/mol. The highest BCUT2D eigenvalue weighted by atomic mass is 35.5. The summed E-state index contributed by atoms with van der Waals surface area (Å²) in [5, 5.41) is 2.33. The maximum atomic E-state index is 13.9. The average Bonchev–Trinajstić information content (AvgIpc) is 2.74. The number of hydrogen-bond donors (Lipinski definition) is 1. The van der Waals surface area contributed by atoms with E-state index in [1.165, 1.54) is 55.6 Å². The lowest BCUT2D eigenvalue weighted by Crippen LogP contribution is -2.38. The van der Waals surface area contributed by atoms with Crippen molar-refractivity contribution in [3.63, 3.8) is 0 Å². The molecule has 162 valence electrons. The number of halogens is 3. The predicted molar refractivity (Wildman–Crippen MR) is 114 cm³/mol. The van der Waals surface area contributed by atoms with Gasteiger partial charge in [0.05, 0.1) is 17.7 Å². The fraction of sp³-hybridized carbons (Fsp3) is 0.0952. The molecule has 0 radical (unpaired) electrons. The van der Waals surface area contributed by atoms with Gasteiger partial charge in [-0.05, 0) is 54.6 Å². The van der Waals surface area contributed by atoms with E-state index in [2.05, 4.69) is 5.32 Å². The Balaban J connectivity index is 1.97. The van der Waals surface area contributed by atoms with Crippen LogP contribution in [-0.4, -0.2) is 28.0 Å². The third kappa shape index (κ3) is 5.12. The highest BCUT2D eigenvalue weighted by Gasteiger charge is 2.28. The Bertz CT molecular complexity index is 1180. The Morgan fingerprint density at radius 2 is 1.65 bits per heavy atom. The molecule has 3 aromatic rings. The van der Waals surface area contributed by atoms with Crippen molar-refractivity contribution in [2.24, 2.45) is 0 Å². The van der Waals surface area contributed by atoms with Crippen LogP contribution in [-0.2, 0) is 14.8 Å². The van der Waals surface area contributed by atoms with Crippen LogP contribution in [0.4, 0.5) is 20.2 Å². The van der Waals surface area contributed by atoms with Crippen LogP contribution in [0.1, 0.15) is 0 Å². The van der Waals surface area contributed by atoms with Crippen LogP contribution in [0.15, 0.2) is 71.6 Å². The number of sulfonamides is 1. The summed E-state index contributed by atoms with van der Waals surface area (Å²) in [6.07, 6.45) is 0. The summed E-state index contributed by atoms with van der Waals surface area (Å²) in [6.45, 7) is -0.748. The number of hydrogen-bond acceptors (Lipinski definition) is 4. The minimum Gasteiger partial charge on any atom is -0.497 e. The van der Waals surface area contributed by atoms with Crippen LogP contribution in [0.25, 0.3) is 0 Å². The molecule has 0 aliphatic heterocycles. The zero-order valence-corrected chi connectivity index (χ0v) is 17.8. The zero-order valence-electron chi connectivity index (χ0n) is 16.2. The van der Waals surface area contributed by atoms with Gasteiger partial charge in [-0.3, -0.25) is 9.10 Å². The molecule has 3 aromatic carbocycles. The van der Waals surface area contributed by atoms with Gasteiger partial charge in [0.1, 0.15) is 29.6 Å². The van der Waals surface area contributed by atoms with E-state index in [0.717, 1.165) is 22.5 Å². The van der Waals surface area contributed by atoms with Gasteiger partial charge in [0.15, 0.2) is 0 Å². The zero-order chi connectivity index (χ0) is 22.6. The lowest BCUT2D eigenvalue weighted by atomic mass is 10.3. The number of nitrogens with one attached hydrogen (secondary N) is 1. The molecule has 0 unspecified atom stereocenters. The van der Waals surface area contributed by atoms with E-state index in [0.29, 0.717) is 5.75 Å². The molecule has 0 aliphatic carbocycles. The van der Waals surface area contributed by atoms with Gasteiger partial charge in [0.2, 0.25) is 5.91 Å². The number of anilines is 2. The normalized spacial score (nSPS) is 11.1. The second-order valence-corrected chi connectivity index (χ2v) is 8.61. The minimum absolute atomic E-state index is 0.104. The monoisotopic (exact) mass is 466 g/mol. The molecule has 0 atom stereocenters. The first kappa shape index (κ1) is 22.5. The van der Waals surface area contributed by atoms with Crippen molar-refractivity contribution >= 4 is 38.9 Å². The van der Waals surface area contributed by atoms with Crippen LogP contribution in [0.2, 0.25) is 5.02 Å². The molecule has 3 rings (SSSR count). The molecule has 0 saturated carbocycles. The van der Waals surface area contributed by atoms with E-state index in [4.69, 9.17) is 16.3 Å². The Hall–Kier alpha value is -3.17. The first-order chi connectivity index (χ1) is 14.7. The van der Waals surface area contributed by atoms with Gasteiger partial charge in [-0.1, -0.05) is 23.7 Å². The number of nitrogens with zero attached hydrogens (tertiary/aromatic N) is 1. The van der Waals surface area contributed by atoms with Gasteiger partial charge >= 0.3 is 0 Å². The van der Waals surface area contributed by atoms with Crippen molar-refractivity contribution in [2.75, 3.05) is 23.3 Å². The molecule has 0 aromatic heterocycles. The number of ether oxygens (including phenoxy) is 1. The van der Waals surface area contributed by atoms with E-state index in [1.54, 1.807) is 0 Å². The summed E-state index contributed by atoms with van der Waals surface area (Å²) in [5.41, 5.74) is -0.562. The third-order valence-corrected chi connectivity index (χ3v) is 6.28. The van der Waals surface area contributed by atoms with Gasteiger partial charge in [0, 0.05) is 5.02 Å². The highest BCUT2D eigenvalue weighted by Crippen LogP contribution is 2.27. The first-order valence-corrected chi connectivity index (χ1v) is 10.7. The Kier molecular flexibility index (Phi) is 6.77. The Morgan fingerprint density at radius 3 is 2.23 bits per heavy atom. The van der Waals surface area contributed by atoms with Crippen molar-refractivity contribution in [2.45, 2.75) is 4.90 Å². The molecule has 0 heterocycles. The summed E-state index contributed by atoms with van der Waals surface area (Å²) in [4.78, 5) is 12.4. The quantitative estimate of drug-likeness (QED) is 0.557. The second-order valence-electron chi connectivity index (χ2n) is 6.31. The lowest BCUT2D eigenvalue weighted by molar-refractivity contribution is -0.114. The van der Waals surface area contributed by atoms with E-state index in [-0.39, 0.29) is 15.6 Å². The number of carbonyl (C=O) groups excluding carboxylic acids is 1. The van der Waals surface area contributed by atoms with Crippen LogP contribution in [0.3, 0.4) is 0 Å². The molecule has 10 heteroatoms. The van der Waals surface area contributed by atoms with Gasteiger partial charge in [-0.15, -0.1) is 0 Å². The molecule has 0 saturated heterocycles. The molecule has 1 amide bonds. The molecular weight excluding hydrogens is 450 g/mol. The first-order valence-electron chi connectivity index (χ1n) is 8.88. The van der Waals surface area contributed by atoms with E-state index < -0.39 is 39.8 Å². The van der Waals surface area contributed by atoms with Crippen molar-refractivity contribution in [3.05, 3.63) is 83.4 Å². The summed E-state index contributed by atoms with van der Waals surface area (Å²) in [5.74, 6) is -2.47. The van der Waals surface area contributed by atoms with Crippen LogP contribution < -0.4 is 14.4 Å². The van der Waals surface area contributed by atoms with Gasteiger partial charge < -0.3 is 10.1 Å². The summed E-state index contributed by atoms with van der Waals surface area (Å²) < 4.78 is 60.2. The molecule has 0 bridgehead atoms. The molecule has 6 nitrogen and oxygen atoms in total. The SMILES string of the molecule is COc1ccc(S(=O)(=O)N(CC(=O)Nc2c(F)cccc2F)c2cccc(Cl)c2)cc1. The number of rotatable bonds is 7. The smallest absolute Gasteiger partial charge is 0.264 e. The summed E-state index contributed by atoms with van der Waals surface area (Å²) in [7, 11) is -2.79. The highest BCUT2D eigenvalue weighted by molar-refractivity contribution is 7.92. The number of amides is 1. The van der Waals surface area contributed by atoms with Crippen molar-refractivity contribution < 1.29 is 26.7 Å². The van der Waals surface area contributed by atoms with Gasteiger partial charge in [-0.25, -0.2) is 17.2 Å². The second kappa shape index (κ2) is 9.32. The maximum Gasteiger partial charge on any atom is 0.264 e. The summed E-state index contributed by atoms with van der Waals surface area (Å²) in [6, 6.07) is 14.5. The number of methoxy groups -OCH3 is 1. The Morgan fingerprint density at radius 1 is 1.03 bits per heavy atom. The Labute approximate surface area is 183 Å². The summed E-state index contributed by atoms with van der Waals surface area (Å²) >= 11 is 5.99. The van der Waals surface area contributed by atoms with E-state index in [1.807, 2.05) is 0 Å². The molecule has 0 fully saturated rings. The molecule has 0 spiro atoms. The van der Waals surface area contributed by atoms with Crippen LogP contribution in [0.5, 0.6) is 5.75 Å². The van der Waals surface area contributed by atoms with Crippen LogP contribution in [0, 0.1) is 11.6 Å². The largest absolute Gasteiger partial charge is 0.497 e. The van der Waals surface area contributed by atoms with Gasteiger partial charge in [-0.2, -0.15) is 0 Å². The fourth-order valence-corrected chi connectivity index (χ4v) is 4.35. The standard InChI is InChI=1S/C21H17ClF2N2O4S/c1-30-16-8-10-17(11-9-16)31(28,29)26(15-5-2-4-14(22)12-15)13-20(27)25-21-18(23)6-3-7-19(21)24/h2-12H,13H2,1H3,(H,25,27). The lowest BCUT2D eigenvalue weighted by Gasteiger charge is -2.24. The van der Waals surface area contributed by atoms with Crippen molar-refractivity contribution in [3.8, 4) is 5.75 Å². The van der Waals surface area contributed by atoms with E-state index >= 15 is 0 Å². The van der Waals surface area contributed by atoms with Crippen molar-refractivity contribution in [1.82, 2.24) is 0 Å². The molecule has 0 aliphatic rings. The minimum atomic E-state index is -4.23. The molecule has 31 heavy (non-hydrogen) atoms. The number of carbonyl (C=O) groups is 1. The van der Waals surface area contributed by atoms with Gasteiger partial charge in [0.25, 0.3) is 10.0 Å². The maximum absolute atomic E-state index is 13.9. The van der Waals surface area contributed by atoms with Crippen LogP contribution >= 0.6 is 11.6 Å². The number of benzene rings is 3. The number of para-hydroxylation sites is 1. The predicted octanol–water partition coefficient (Wildman–Crippen LogP) is 4.46. The fourth-order valence-electron chi connectivity index (χ4n) is 2.75. The van der Waals surface area contributed by atoms with Crippen molar-refractivity contribution in [1.29, 1.82) is 0 Å².